The lowest BCUT2D eigenvalue weighted by Crippen LogP contribution is -2.10. The van der Waals surface area contributed by atoms with Gasteiger partial charge in [0.05, 0.1) is 14.2 Å². The molecule has 0 aliphatic heterocycles. The summed E-state index contributed by atoms with van der Waals surface area (Å²) < 4.78 is 10.4. The molecular weight excluding hydrogens is 210 g/mol. The predicted octanol–water partition coefficient (Wildman–Crippen LogP) is 2.36. The van der Waals surface area contributed by atoms with E-state index in [2.05, 4.69) is 12.2 Å². The number of nitrogens with one attached hydrogen (secondary N) is 1. The summed E-state index contributed by atoms with van der Waals surface area (Å²) >= 11 is 1.75. The lowest BCUT2D eigenvalue weighted by molar-refractivity contribution is 0.354. The molecule has 1 rings (SSSR count). The van der Waals surface area contributed by atoms with E-state index in [0.717, 1.165) is 23.9 Å². The van der Waals surface area contributed by atoms with Gasteiger partial charge < -0.3 is 14.8 Å². The van der Waals surface area contributed by atoms with E-state index in [0.29, 0.717) is 0 Å². The standard InChI is InChI=1S/C11H17NO2S/c1-4-12-8-15-9-5-6-10(13-2)11(7-9)14-3/h5-7,12H,4,8H2,1-3H3. The molecule has 0 radical (unpaired) electrons. The van der Waals surface area contributed by atoms with E-state index in [1.807, 2.05) is 18.2 Å². The van der Waals surface area contributed by atoms with Crippen molar-refractivity contribution in [1.82, 2.24) is 5.32 Å². The molecule has 0 fully saturated rings. The molecule has 0 saturated carbocycles. The number of hydrogen-bond acceptors (Lipinski definition) is 4. The summed E-state index contributed by atoms with van der Waals surface area (Å²) in [6, 6.07) is 5.94. The summed E-state index contributed by atoms with van der Waals surface area (Å²) in [6.07, 6.45) is 0. The first kappa shape index (κ1) is 12.2. The smallest absolute Gasteiger partial charge is 0.161 e. The maximum absolute atomic E-state index is 5.22. The molecule has 0 aromatic heterocycles. The van der Waals surface area contributed by atoms with Crippen LogP contribution in [0.1, 0.15) is 6.92 Å². The number of ether oxygens (including phenoxy) is 2. The lowest BCUT2D eigenvalue weighted by atomic mass is 10.3. The molecule has 1 aromatic carbocycles. The van der Waals surface area contributed by atoms with Crippen LogP contribution in [0.25, 0.3) is 0 Å². The van der Waals surface area contributed by atoms with Crippen molar-refractivity contribution in [1.29, 1.82) is 0 Å². The highest BCUT2D eigenvalue weighted by atomic mass is 32.2. The fraction of sp³-hybridized carbons (Fsp3) is 0.455. The van der Waals surface area contributed by atoms with Crippen LogP contribution in [0, 0.1) is 0 Å². The van der Waals surface area contributed by atoms with Gasteiger partial charge in [0, 0.05) is 10.8 Å². The molecule has 0 atom stereocenters. The topological polar surface area (TPSA) is 30.5 Å². The zero-order chi connectivity index (χ0) is 11.1. The summed E-state index contributed by atoms with van der Waals surface area (Å²) in [6.45, 7) is 3.08. The Hall–Kier alpha value is -0.870. The van der Waals surface area contributed by atoms with Gasteiger partial charge in [-0.15, -0.1) is 11.8 Å². The highest BCUT2D eigenvalue weighted by molar-refractivity contribution is 7.99. The summed E-state index contributed by atoms with van der Waals surface area (Å²) in [4.78, 5) is 1.17. The number of hydrogen-bond donors (Lipinski definition) is 1. The summed E-state index contributed by atoms with van der Waals surface area (Å²) in [5, 5.41) is 3.25. The van der Waals surface area contributed by atoms with Crippen molar-refractivity contribution in [2.24, 2.45) is 0 Å². The third-order valence-corrected chi connectivity index (χ3v) is 2.88. The zero-order valence-electron chi connectivity index (χ0n) is 9.37. The van der Waals surface area contributed by atoms with Crippen LogP contribution in [-0.4, -0.2) is 26.6 Å². The van der Waals surface area contributed by atoms with E-state index < -0.39 is 0 Å². The molecule has 0 heterocycles. The highest BCUT2D eigenvalue weighted by Gasteiger charge is 2.04. The second kappa shape index (κ2) is 6.58. The Kier molecular flexibility index (Phi) is 5.36. The van der Waals surface area contributed by atoms with Gasteiger partial charge in [-0.05, 0) is 24.7 Å². The van der Waals surface area contributed by atoms with Gasteiger partial charge in [-0.3, -0.25) is 0 Å². The fourth-order valence-electron chi connectivity index (χ4n) is 1.14. The third-order valence-electron chi connectivity index (χ3n) is 1.95. The van der Waals surface area contributed by atoms with Crippen molar-refractivity contribution in [2.45, 2.75) is 11.8 Å². The molecule has 84 valence electrons. The Morgan fingerprint density at radius 2 is 1.93 bits per heavy atom. The molecule has 3 nitrogen and oxygen atoms in total. The summed E-state index contributed by atoms with van der Waals surface area (Å²) in [7, 11) is 3.29. The van der Waals surface area contributed by atoms with Gasteiger partial charge in [0.25, 0.3) is 0 Å². The van der Waals surface area contributed by atoms with Crippen LogP contribution >= 0.6 is 11.8 Å². The fourth-order valence-corrected chi connectivity index (χ4v) is 1.97. The van der Waals surface area contributed by atoms with E-state index in [9.17, 15) is 0 Å². The Balaban J connectivity index is 2.66. The number of methoxy groups -OCH3 is 2. The molecule has 1 aromatic rings. The Bertz CT molecular complexity index is 305. The van der Waals surface area contributed by atoms with E-state index >= 15 is 0 Å². The zero-order valence-corrected chi connectivity index (χ0v) is 10.2. The predicted molar refractivity (Wildman–Crippen MR) is 63.9 cm³/mol. The Morgan fingerprint density at radius 1 is 1.20 bits per heavy atom. The minimum Gasteiger partial charge on any atom is -0.493 e. The van der Waals surface area contributed by atoms with Crippen LogP contribution in [-0.2, 0) is 0 Å². The molecule has 0 unspecified atom stereocenters. The first-order valence-electron chi connectivity index (χ1n) is 4.87. The van der Waals surface area contributed by atoms with Gasteiger partial charge in [-0.1, -0.05) is 6.92 Å². The van der Waals surface area contributed by atoms with Crippen molar-refractivity contribution in [3.8, 4) is 11.5 Å². The maximum atomic E-state index is 5.22. The molecule has 15 heavy (non-hydrogen) atoms. The van der Waals surface area contributed by atoms with Crippen molar-refractivity contribution in [3.63, 3.8) is 0 Å². The van der Waals surface area contributed by atoms with Crippen LogP contribution in [0.3, 0.4) is 0 Å². The molecule has 0 amide bonds. The van der Waals surface area contributed by atoms with E-state index in [1.165, 1.54) is 4.90 Å². The quantitative estimate of drug-likeness (QED) is 0.459. The first-order chi connectivity index (χ1) is 7.31. The van der Waals surface area contributed by atoms with E-state index in [1.54, 1.807) is 26.0 Å². The second-order valence-corrected chi connectivity index (χ2v) is 3.96. The lowest BCUT2D eigenvalue weighted by Gasteiger charge is -2.09. The molecule has 0 bridgehead atoms. The van der Waals surface area contributed by atoms with Gasteiger partial charge in [-0.25, -0.2) is 0 Å². The SMILES string of the molecule is CCNCSc1ccc(OC)c(OC)c1. The van der Waals surface area contributed by atoms with Crippen LogP contribution in [0.2, 0.25) is 0 Å². The Morgan fingerprint density at radius 3 is 2.53 bits per heavy atom. The van der Waals surface area contributed by atoms with Crippen molar-refractivity contribution >= 4 is 11.8 Å². The van der Waals surface area contributed by atoms with Gasteiger partial charge in [-0.2, -0.15) is 0 Å². The maximum Gasteiger partial charge on any atom is 0.161 e. The summed E-state index contributed by atoms with van der Waals surface area (Å²) in [5.41, 5.74) is 0. The number of rotatable bonds is 6. The number of benzene rings is 1. The Labute approximate surface area is 95.2 Å². The van der Waals surface area contributed by atoms with Crippen LogP contribution in [0.15, 0.2) is 23.1 Å². The average Bonchev–Trinajstić information content (AvgIpc) is 2.29. The highest BCUT2D eigenvalue weighted by Crippen LogP contribution is 2.31. The molecule has 4 heteroatoms. The first-order valence-corrected chi connectivity index (χ1v) is 5.86. The van der Waals surface area contributed by atoms with Crippen molar-refractivity contribution < 1.29 is 9.47 Å². The average molecular weight is 227 g/mol. The van der Waals surface area contributed by atoms with Crippen LogP contribution in [0.4, 0.5) is 0 Å². The molecule has 0 aliphatic carbocycles. The summed E-state index contributed by atoms with van der Waals surface area (Å²) in [5.74, 6) is 2.45. The molecule has 0 aliphatic rings. The minimum atomic E-state index is 0.769. The normalized spacial score (nSPS) is 10.1. The van der Waals surface area contributed by atoms with Gasteiger partial charge in [0.1, 0.15) is 0 Å². The van der Waals surface area contributed by atoms with E-state index in [4.69, 9.17) is 9.47 Å². The van der Waals surface area contributed by atoms with Gasteiger partial charge >= 0.3 is 0 Å². The number of thioether (sulfide) groups is 1. The monoisotopic (exact) mass is 227 g/mol. The minimum absolute atomic E-state index is 0.769. The van der Waals surface area contributed by atoms with Crippen LogP contribution in [0.5, 0.6) is 11.5 Å². The van der Waals surface area contributed by atoms with Gasteiger partial charge in [0.2, 0.25) is 0 Å². The van der Waals surface area contributed by atoms with E-state index in [-0.39, 0.29) is 0 Å². The molecule has 0 saturated heterocycles. The van der Waals surface area contributed by atoms with Crippen LogP contribution < -0.4 is 14.8 Å². The third kappa shape index (κ3) is 3.64. The molecular formula is C11H17NO2S. The van der Waals surface area contributed by atoms with Crippen molar-refractivity contribution in [3.05, 3.63) is 18.2 Å². The molecule has 0 spiro atoms. The molecule has 1 N–H and O–H groups in total. The van der Waals surface area contributed by atoms with Crippen molar-refractivity contribution in [2.75, 3.05) is 26.6 Å². The largest absolute Gasteiger partial charge is 0.493 e. The van der Waals surface area contributed by atoms with Gasteiger partial charge in [0.15, 0.2) is 11.5 Å². The second-order valence-electron chi connectivity index (χ2n) is 2.91.